The molecule has 5 atom stereocenters. The number of benzene rings is 9. The number of hydrogen-bond acceptors (Lipinski definition) is 13. The monoisotopic (exact) mass is 2250 g/mol. The number of esters is 2. The number of terminal acetylenes is 2. The minimum Gasteiger partial charge on any atom is -1.00 e. The fraction of sp³-hybridized carbons (Fsp3) is 0.484. The lowest BCUT2D eigenvalue weighted by Gasteiger charge is -2.59. The number of halogens is 5. The third-order valence-electron chi connectivity index (χ3n) is 26.9. The van der Waals surface area contributed by atoms with Crippen LogP contribution >= 0.6 is 0 Å². The Morgan fingerprint density at radius 1 is 0.396 bits per heavy atom. The van der Waals surface area contributed by atoms with Gasteiger partial charge in [-0.3, -0.25) is 8.74 Å². The maximum absolute atomic E-state index is 12.8. The molecule has 0 spiro atoms. The van der Waals surface area contributed by atoms with E-state index in [0.29, 0.717) is 50.4 Å². The molecule has 5 unspecified atom stereocenters. The van der Waals surface area contributed by atoms with Gasteiger partial charge in [-0.05, 0) is 341 Å². The van der Waals surface area contributed by atoms with Crippen LogP contribution in [0.15, 0.2) is 281 Å². The lowest BCUT2D eigenvalue weighted by atomic mass is 9.48. The molecule has 0 aromatic heterocycles. The van der Waals surface area contributed by atoms with Gasteiger partial charge in [0, 0.05) is 24.7 Å². The Morgan fingerprint density at radius 3 is 0.711 bits per heavy atom. The van der Waals surface area contributed by atoms with Crippen molar-refractivity contribution in [1.82, 2.24) is 0 Å². The van der Waals surface area contributed by atoms with Crippen LogP contribution in [0, 0.1) is 82.9 Å². The molecule has 25 heteroatoms. The van der Waals surface area contributed by atoms with Crippen molar-refractivity contribution < 1.29 is 111 Å². The number of carbonyl (C=O) groups excluding carboxylic acids is 2. The second-order valence-corrected chi connectivity index (χ2v) is 53.5. The van der Waals surface area contributed by atoms with Gasteiger partial charge in [0.2, 0.25) is 10.4 Å². The summed E-state index contributed by atoms with van der Waals surface area (Å²) in [6.07, 6.45) is 19.7. The lowest BCUT2D eigenvalue weighted by Crippen LogP contribution is -3.11. The fourth-order valence-corrected chi connectivity index (χ4v) is 26.8. The summed E-state index contributed by atoms with van der Waals surface area (Å²) < 4.78 is 112. The number of alkyl halides is 4. The highest BCUT2D eigenvalue weighted by molar-refractivity contribution is 7.97. The summed E-state index contributed by atoms with van der Waals surface area (Å²) in [6.45, 7) is 57.2. The first-order valence-electron chi connectivity index (χ1n) is 51.1. The van der Waals surface area contributed by atoms with Crippen molar-refractivity contribution in [2.24, 2.45) is 34.5 Å². The van der Waals surface area contributed by atoms with Crippen molar-refractivity contribution in [2.75, 3.05) is 39.5 Å². The van der Waals surface area contributed by atoms with Gasteiger partial charge in [0.25, 0.3) is 0 Å². The molecular formula is C124H164F4INO14S5+2. The van der Waals surface area contributed by atoms with Crippen LogP contribution in [0.2, 0.25) is 0 Å². The molecule has 0 heterocycles. The molecule has 17 rings (SSSR count). The average molecular weight is 2260 g/mol. The van der Waals surface area contributed by atoms with Gasteiger partial charge in [-0.1, -0.05) is 264 Å². The van der Waals surface area contributed by atoms with Gasteiger partial charge >= 0.3 is 35.1 Å². The Balaban J connectivity index is 0.000000307. The molecular weight excluding hydrogens is 2090 g/mol. The third-order valence-corrected chi connectivity index (χ3v) is 34.3. The predicted octanol–water partition coefficient (Wildman–Crippen LogP) is 24.5. The summed E-state index contributed by atoms with van der Waals surface area (Å²) >= 11 is -2.52. The molecule has 9 aromatic carbocycles. The van der Waals surface area contributed by atoms with Gasteiger partial charge in [-0.2, -0.15) is 21.8 Å². The highest BCUT2D eigenvalue weighted by Gasteiger charge is 2.60. The molecule has 5 N–H and O–H groups in total. The van der Waals surface area contributed by atoms with Crippen molar-refractivity contribution >= 4 is 66.4 Å². The van der Waals surface area contributed by atoms with Gasteiger partial charge in [0.1, 0.15) is 0 Å². The lowest BCUT2D eigenvalue weighted by molar-refractivity contribution is -0.894. The highest BCUT2D eigenvalue weighted by Crippen LogP contribution is 2.63. The van der Waals surface area contributed by atoms with Crippen LogP contribution in [-0.2, 0) is 115 Å². The molecule has 8 bridgehead atoms. The van der Waals surface area contributed by atoms with E-state index < -0.39 is 56.7 Å². The van der Waals surface area contributed by atoms with Crippen LogP contribution < -0.4 is 28.9 Å². The maximum Gasteiger partial charge on any atom is 0.376 e. The van der Waals surface area contributed by atoms with E-state index in [1.165, 1.54) is 104 Å². The van der Waals surface area contributed by atoms with E-state index in [4.69, 9.17) is 36.3 Å². The molecule has 15 nitrogen and oxygen atoms in total. The van der Waals surface area contributed by atoms with Crippen LogP contribution in [0.5, 0.6) is 0 Å². The summed E-state index contributed by atoms with van der Waals surface area (Å²) in [5.74, 6) is 6.25. The fourth-order valence-electron chi connectivity index (χ4n) is 20.3. The zero-order valence-corrected chi connectivity index (χ0v) is 98.8. The standard InChI is InChI=1S/3C26H31S.2C14H20F2O3.C6H15N.2C5H4.C2H6O4S.HI.H2O4S/c3*1-25(2,3)20-12-16-23(17-13-20)27(22-10-8-7-9-11-22)24-18-14-21(15-19-24)26(4,5)6;2*1-12(15,16)11(17)19-8-13-3-9-2-10(4-13)6-14(18,5-9)7-13;1-4-7(5-2)6-3;2*1-3-5-4-2;1-2-6-7(3,4)5;;1-4-5(2)3/h3*7-19H,1-6H3;2*9-10,18H,2-8H2,1H3;4-6H2,1-3H3;2*1H,2H3;2H2,1H3,(H,3,4,5);1H;1H,(H,2,3)/q3*+1;;;;;;;;/p-1. The van der Waals surface area contributed by atoms with Crippen molar-refractivity contribution in [3.63, 3.8) is 0 Å². The molecule has 8 fully saturated rings. The molecule has 0 saturated heterocycles. The van der Waals surface area contributed by atoms with E-state index in [-0.39, 0.29) is 120 Å². The van der Waals surface area contributed by atoms with Gasteiger partial charge in [-0.15, -0.1) is 17.2 Å². The molecule has 8 saturated carbocycles. The quantitative estimate of drug-likeness (QED) is 0.00431. The van der Waals surface area contributed by atoms with E-state index >= 15 is 0 Å². The van der Waals surface area contributed by atoms with Gasteiger partial charge in [0.15, 0.2) is 44.1 Å². The van der Waals surface area contributed by atoms with Crippen LogP contribution in [0.25, 0.3) is 0 Å². The Morgan fingerprint density at radius 2 is 0.591 bits per heavy atom. The first kappa shape index (κ1) is 131. The number of quaternary nitrogens is 1. The third kappa shape index (κ3) is 43.0. The highest BCUT2D eigenvalue weighted by atomic mass is 127. The summed E-state index contributed by atoms with van der Waals surface area (Å²) in [7, 11) is -4.68. The van der Waals surface area contributed by atoms with Crippen LogP contribution in [0.3, 0.4) is 0 Å². The van der Waals surface area contributed by atoms with Crippen molar-refractivity contribution in [1.29, 1.82) is 0 Å². The second-order valence-electron chi connectivity index (χ2n) is 45.8. The zero-order chi connectivity index (χ0) is 111. The SMILES string of the molecule is C#CC#CC.C#CC#CC.CC(C)(C)c1ccc([S+](c2ccccc2)c2ccc(C(C)(C)C)cc2)cc1.CC(C)(C)c1ccc([S+](c2ccccc2)c2ccc(C(C)(C)C)cc2)cc1.CC(C)(C)c1ccc([S+](c2ccccc2)c2ccc(C(C)(C)C)cc2)cc1.CC(F)(F)C(=O)OCC12CC3CC(CC(O)(C3)C1)C2.CC(F)(F)C(=O)OCC12CC3CC(CC(O)(C3)C1)C2.CCOS(=O)(=O)[O-].CC[NH+](CC)CC.O=S(O)OO.[I-]. The molecule has 149 heavy (non-hydrogen) atoms. The van der Waals surface area contributed by atoms with Crippen LogP contribution in [0.1, 0.15) is 290 Å². The number of nitrogens with one attached hydrogen (secondary N) is 1. The molecule has 0 radical (unpaired) electrons. The van der Waals surface area contributed by atoms with E-state index in [1.54, 1.807) is 18.7 Å². The number of ether oxygens (including phenoxy) is 2. The molecule has 9 aromatic rings. The van der Waals surface area contributed by atoms with Crippen molar-refractivity contribution in [3.8, 4) is 48.4 Å². The van der Waals surface area contributed by atoms with Crippen molar-refractivity contribution in [3.05, 3.63) is 270 Å². The minimum absolute atomic E-state index is 0. The number of carbonyl (C=O) groups is 2. The molecule has 8 aliphatic carbocycles. The first-order chi connectivity index (χ1) is 68.9. The number of aliphatic hydroxyl groups is 2. The molecule has 812 valence electrons. The minimum atomic E-state index is -4.42. The molecule has 0 amide bonds. The van der Waals surface area contributed by atoms with E-state index in [9.17, 15) is 50.3 Å². The molecule has 8 aliphatic rings. The van der Waals surface area contributed by atoms with E-state index in [1.807, 2.05) is 0 Å². The van der Waals surface area contributed by atoms with Gasteiger partial charge in [0.05, 0.1) is 83.3 Å². The first-order valence-corrected chi connectivity index (χ1v) is 57.1. The topological polar surface area (TPSA) is 231 Å². The summed E-state index contributed by atoms with van der Waals surface area (Å²) in [5, 5.41) is 28.1. The average Bonchev–Trinajstić information content (AvgIpc) is 0.730. The van der Waals surface area contributed by atoms with Gasteiger partial charge < -0.3 is 53.1 Å². The van der Waals surface area contributed by atoms with Crippen LogP contribution in [0.4, 0.5) is 17.6 Å². The van der Waals surface area contributed by atoms with Gasteiger partial charge in [-0.25, -0.2) is 23.3 Å². The summed E-state index contributed by atoms with van der Waals surface area (Å²) in [4.78, 5) is 36.4. The predicted molar refractivity (Wildman–Crippen MR) is 597 cm³/mol. The van der Waals surface area contributed by atoms with E-state index in [0.717, 1.165) is 64.2 Å². The summed E-state index contributed by atoms with van der Waals surface area (Å²) in [5.41, 5.74) is 7.53. The Bertz CT molecular complexity index is 5270. The largest absolute Gasteiger partial charge is 1.00 e. The Kier molecular flexibility index (Phi) is 51.1. The second kappa shape index (κ2) is 58.1. The normalized spacial score (nSPS) is 19.8. The Labute approximate surface area is 919 Å². The maximum atomic E-state index is 12.8. The van der Waals surface area contributed by atoms with Crippen LogP contribution in [-0.4, -0.2) is 112 Å². The summed E-state index contributed by atoms with van der Waals surface area (Å²) in [6, 6.07) is 87.9. The number of rotatable bonds is 21. The van der Waals surface area contributed by atoms with Crippen molar-refractivity contribution in [2.45, 2.75) is 357 Å². The van der Waals surface area contributed by atoms with E-state index in [2.05, 4.69) is 426 Å². The zero-order valence-electron chi connectivity index (χ0n) is 92.5. The molecule has 0 aliphatic heterocycles. The Hall–Kier alpha value is -8.56. The number of hydrogen-bond donors (Lipinski definition) is 5. The smallest absolute Gasteiger partial charge is 0.376 e.